The molecule has 6 heteroatoms. The minimum atomic E-state index is 0.636. The van der Waals surface area contributed by atoms with Crippen molar-refractivity contribution >= 4 is 17.2 Å². The molecule has 5 nitrogen and oxygen atoms in total. The zero-order valence-corrected chi connectivity index (χ0v) is 8.49. The first-order valence-corrected chi connectivity index (χ1v) is 4.88. The van der Waals surface area contributed by atoms with Crippen molar-refractivity contribution in [3.8, 4) is 5.88 Å². The summed E-state index contributed by atoms with van der Waals surface area (Å²) in [4.78, 5) is 0. The molecule has 14 heavy (non-hydrogen) atoms. The maximum Gasteiger partial charge on any atom is 0.230 e. The van der Waals surface area contributed by atoms with Crippen molar-refractivity contribution < 1.29 is 4.74 Å². The van der Waals surface area contributed by atoms with E-state index in [4.69, 9.17) is 10.5 Å². The highest BCUT2D eigenvalue weighted by Crippen LogP contribution is 2.19. The molecular formula is C8H10N4OS. The second-order valence-electron chi connectivity index (χ2n) is 2.82. The predicted octanol–water partition coefficient (Wildman–Crippen LogP) is 0.979. The zero-order valence-electron chi connectivity index (χ0n) is 7.67. The molecule has 0 aromatic carbocycles. The number of aromatic nitrogens is 3. The molecule has 0 bridgehead atoms. The summed E-state index contributed by atoms with van der Waals surface area (Å²) in [7, 11) is 1.61. The van der Waals surface area contributed by atoms with Crippen LogP contribution in [-0.2, 0) is 6.54 Å². The van der Waals surface area contributed by atoms with Crippen LogP contribution in [0.3, 0.4) is 0 Å². The van der Waals surface area contributed by atoms with Crippen LogP contribution in [0.25, 0.3) is 0 Å². The molecule has 2 aromatic rings. The molecule has 2 N–H and O–H groups in total. The van der Waals surface area contributed by atoms with Gasteiger partial charge in [-0.25, -0.2) is 0 Å². The molecule has 0 saturated carbocycles. The molecule has 0 amide bonds. The smallest absolute Gasteiger partial charge is 0.230 e. The van der Waals surface area contributed by atoms with Gasteiger partial charge in [-0.15, -0.1) is 0 Å². The summed E-state index contributed by atoms with van der Waals surface area (Å²) in [6, 6.07) is 0. The molecule has 0 unspecified atom stereocenters. The van der Waals surface area contributed by atoms with Crippen LogP contribution in [0.4, 0.5) is 5.69 Å². The monoisotopic (exact) mass is 210 g/mol. The zero-order chi connectivity index (χ0) is 9.97. The Morgan fingerprint density at radius 1 is 1.64 bits per heavy atom. The van der Waals surface area contributed by atoms with Gasteiger partial charge in [0.2, 0.25) is 5.88 Å². The van der Waals surface area contributed by atoms with Gasteiger partial charge >= 0.3 is 0 Å². The number of rotatable bonds is 3. The average molecular weight is 210 g/mol. The van der Waals surface area contributed by atoms with E-state index in [9.17, 15) is 0 Å². The lowest BCUT2D eigenvalue weighted by Gasteiger charge is -2.00. The van der Waals surface area contributed by atoms with Crippen LogP contribution in [0, 0.1) is 0 Å². The summed E-state index contributed by atoms with van der Waals surface area (Å²) in [5.41, 5.74) is 7.22. The van der Waals surface area contributed by atoms with Crippen LogP contribution in [-0.4, -0.2) is 21.3 Å². The number of hydrogen-bond acceptors (Lipinski definition) is 5. The Hall–Kier alpha value is -1.56. The summed E-state index contributed by atoms with van der Waals surface area (Å²) in [5.74, 6) is 0.657. The summed E-state index contributed by atoms with van der Waals surface area (Å²) in [6.45, 7) is 0.636. The summed E-state index contributed by atoms with van der Waals surface area (Å²) in [5, 5.41) is 6.02. The molecule has 0 fully saturated rings. The molecule has 0 atom stereocenters. The van der Waals surface area contributed by atoms with E-state index in [1.807, 2.05) is 5.38 Å². The van der Waals surface area contributed by atoms with E-state index < -0.39 is 0 Å². The average Bonchev–Trinajstić information content (AvgIpc) is 2.76. The Balaban J connectivity index is 2.18. The number of nitrogens with two attached hydrogens (primary N) is 1. The number of methoxy groups -OCH3 is 1. The third-order valence-electron chi connectivity index (χ3n) is 1.78. The lowest BCUT2D eigenvalue weighted by Crippen LogP contribution is -2.00. The molecule has 0 spiro atoms. The van der Waals surface area contributed by atoms with Gasteiger partial charge in [0.1, 0.15) is 0 Å². The van der Waals surface area contributed by atoms with E-state index in [1.54, 1.807) is 24.2 Å². The van der Waals surface area contributed by atoms with E-state index in [-0.39, 0.29) is 0 Å². The van der Waals surface area contributed by atoms with Crippen LogP contribution in [0.1, 0.15) is 5.56 Å². The Morgan fingerprint density at radius 3 is 3.14 bits per heavy atom. The molecule has 0 aliphatic heterocycles. The lowest BCUT2D eigenvalue weighted by molar-refractivity contribution is 0.395. The second kappa shape index (κ2) is 3.67. The molecule has 74 valence electrons. The Morgan fingerprint density at radius 2 is 2.50 bits per heavy atom. The predicted molar refractivity (Wildman–Crippen MR) is 54.4 cm³/mol. The van der Waals surface area contributed by atoms with Crippen LogP contribution in [0.15, 0.2) is 17.8 Å². The van der Waals surface area contributed by atoms with E-state index >= 15 is 0 Å². The van der Waals surface area contributed by atoms with Gasteiger partial charge in [-0.3, -0.25) is 4.68 Å². The lowest BCUT2D eigenvalue weighted by atomic mass is 10.3. The van der Waals surface area contributed by atoms with Crippen LogP contribution in [0.2, 0.25) is 0 Å². The van der Waals surface area contributed by atoms with Gasteiger partial charge in [0.25, 0.3) is 0 Å². The van der Waals surface area contributed by atoms with Crippen molar-refractivity contribution in [2.45, 2.75) is 6.54 Å². The van der Waals surface area contributed by atoms with Gasteiger partial charge in [0, 0.05) is 17.1 Å². The molecule has 0 saturated heterocycles. The molecule has 0 radical (unpaired) electrons. The Bertz CT molecular complexity index is 422. The Kier molecular flexibility index (Phi) is 2.36. The molecule has 2 heterocycles. The van der Waals surface area contributed by atoms with Gasteiger partial charge in [-0.05, 0) is 11.5 Å². The maximum absolute atomic E-state index is 5.55. The van der Waals surface area contributed by atoms with Gasteiger partial charge in [0.05, 0.1) is 25.5 Å². The highest BCUT2D eigenvalue weighted by Gasteiger charge is 2.06. The number of ether oxygens (including phenoxy) is 1. The topological polar surface area (TPSA) is 66.0 Å². The first-order chi connectivity index (χ1) is 6.79. The van der Waals surface area contributed by atoms with E-state index in [1.165, 1.54) is 11.5 Å². The standard InChI is InChI=1S/C8H10N4OS/c1-13-8-6(5-14-11-8)3-12-4-7(9)2-10-12/h2,4-5H,3,9H2,1H3. The fourth-order valence-electron chi connectivity index (χ4n) is 1.16. The maximum atomic E-state index is 5.55. The van der Waals surface area contributed by atoms with E-state index in [0.29, 0.717) is 18.1 Å². The minimum Gasteiger partial charge on any atom is -0.480 e. The van der Waals surface area contributed by atoms with Crippen molar-refractivity contribution in [2.75, 3.05) is 12.8 Å². The summed E-state index contributed by atoms with van der Waals surface area (Å²) >= 11 is 1.37. The number of hydrogen-bond donors (Lipinski definition) is 1. The summed E-state index contributed by atoms with van der Waals surface area (Å²) in [6.07, 6.45) is 3.39. The van der Waals surface area contributed by atoms with Gasteiger partial charge in [-0.1, -0.05) is 0 Å². The van der Waals surface area contributed by atoms with Crippen molar-refractivity contribution in [2.24, 2.45) is 0 Å². The number of anilines is 1. The van der Waals surface area contributed by atoms with Crippen LogP contribution < -0.4 is 10.5 Å². The fourth-order valence-corrected chi connectivity index (χ4v) is 1.80. The highest BCUT2D eigenvalue weighted by molar-refractivity contribution is 7.03. The van der Waals surface area contributed by atoms with E-state index in [0.717, 1.165) is 5.56 Å². The molecule has 2 aromatic heterocycles. The number of nitrogen functional groups attached to an aromatic ring is 1. The van der Waals surface area contributed by atoms with E-state index in [2.05, 4.69) is 9.47 Å². The quantitative estimate of drug-likeness (QED) is 0.820. The van der Waals surface area contributed by atoms with Crippen LogP contribution in [0.5, 0.6) is 5.88 Å². The first-order valence-electron chi connectivity index (χ1n) is 4.05. The van der Waals surface area contributed by atoms with Crippen molar-refractivity contribution in [1.29, 1.82) is 0 Å². The van der Waals surface area contributed by atoms with Crippen molar-refractivity contribution in [3.05, 3.63) is 23.3 Å². The largest absolute Gasteiger partial charge is 0.480 e. The fraction of sp³-hybridized carbons (Fsp3) is 0.250. The van der Waals surface area contributed by atoms with Gasteiger partial charge < -0.3 is 10.5 Å². The minimum absolute atomic E-state index is 0.636. The molecular weight excluding hydrogens is 200 g/mol. The molecule has 2 rings (SSSR count). The van der Waals surface area contributed by atoms with Crippen molar-refractivity contribution in [1.82, 2.24) is 14.2 Å². The number of nitrogens with zero attached hydrogens (tertiary/aromatic N) is 3. The highest BCUT2D eigenvalue weighted by atomic mass is 32.1. The summed E-state index contributed by atoms with van der Waals surface area (Å²) < 4.78 is 10.9. The van der Waals surface area contributed by atoms with Gasteiger partial charge in [0.15, 0.2) is 0 Å². The second-order valence-corrected chi connectivity index (χ2v) is 3.45. The van der Waals surface area contributed by atoms with Gasteiger partial charge in [-0.2, -0.15) is 9.47 Å². The van der Waals surface area contributed by atoms with Crippen molar-refractivity contribution in [3.63, 3.8) is 0 Å². The van der Waals surface area contributed by atoms with Crippen LogP contribution >= 0.6 is 11.5 Å². The third kappa shape index (κ3) is 1.69. The third-order valence-corrected chi connectivity index (χ3v) is 2.45. The SMILES string of the molecule is COc1nscc1Cn1cc(N)cn1. The normalized spacial score (nSPS) is 10.4. The Labute approximate surface area is 85.3 Å². The molecule has 0 aliphatic carbocycles. The molecule has 0 aliphatic rings. The first kappa shape index (κ1) is 9.01.